The summed E-state index contributed by atoms with van der Waals surface area (Å²) < 4.78 is 39.1. The minimum absolute atomic E-state index is 0.0110. The molecule has 2 heterocycles. The van der Waals surface area contributed by atoms with E-state index in [1.54, 1.807) is 58.0 Å². The second kappa shape index (κ2) is 10.1. The summed E-state index contributed by atoms with van der Waals surface area (Å²) in [6, 6.07) is 13.7. The highest BCUT2D eigenvalue weighted by Crippen LogP contribution is 2.28. The number of hydrogen-bond acceptors (Lipinski definition) is 6. The molecular weight excluding hydrogens is 470 g/mol. The first-order valence-electron chi connectivity index (χ1n) is 11.3. The fourth-order valence-corrected chi connectivity index (χ4v) is 5.77. The third kappa shape index (κ3) is 5.49. The van der Waals surface area contributed by atoms with E-state index in [2.05, 4.69) is 5.32 Å². The van der Waals surface area contributed by atoms with Crippen LogP contribution in [-0.4, -0.2) is 67.9 Å². The van der Waals surface area contributed by atoms with Crippen molar-refractivity contribution in [2.24, 2.45) is 0 Å². The first-order valence-corrected chi connectivity index (χ1v) is 13.0. The number of carbonyl (C=O) groups is 2. The number of morpholine rings is 1. The number of para-hydroxylation sites is 3. The molecule has 1 aliphatic rings. The Hall–Kier alpha value is -3.37. The maximum absolute atomic E-state index is 13.3. The van der Waals surface area contributed by atoms with Crippen molar-refractivity contribution in [3.63, 3.8) is 0 Å². The summed E-state index contributed by atoms with van der Waals surface area (Å²) in [6.07, 6.45) is 1.31. The van der Waals surface area contributed by atoms with Gasteiger partial charge in [-0.15, -0.1) is 0 Å². The van der Waals surface area contributed by atoms with Crippen LogP contribution in [0.3, 0.4) is 0 Å². The van der Waals surface area contributed by atoms with E-state index in [1.165, 1.54) is 13.3 Å². The van der Waals surface area contributed by atoms with Gasteiger partial charge in [0.25, 0.3) is 0 Å². The molecule has 2 aromatic carbocycles. The molecule has 0 spiro atoms. The third-order valence-corrected chi connectivity index (χ3v) is 7.50. The molecule has 2 atom stereocenters. The fourth-order valence-electron chi connectivity index (χ4n) is 4.40. The van der Waals surface area contributed by atoms with Gasteiger partial charge < -0.3 is 24.3 Å². The maximum Gasteiger partial charge on any atom is 0.242 e. The largest absolute Gasteiger partial charge is 0.495 e. The van der Waals surface area contributed by atoms with E-state index < -0.39 is 21.5 Å². The van der Waals surface area contributed by atoms with Crippen LogP contribution in [0.1, 0.15) is 13.8 Å². The van der Waals surface area contributed by atoms with Crippen LogP contribution in [0.15, 0.2) is 59.6 Å². The van der Waals surface area contributed by atoms with Crippen LogP contribution < -0.4 is 10.1 Å². The summed E-state index contributed by atoms with van der Waals surface area (Å²) in [5.41, 5.74) is 0.996. The summed E-state index contributed by atoms with van der Waals surface area (Å²) in [7, 11) is -2.53. The Bertz CT molecular complexity index is 1340. The molecule has 186 valence electrons. The van der Waals surface area contributed by atoms with Crippen LogP contribution in [0.2, 0.25) is 0 Å². The van der Waals surface area contributed by atoms with Gasteiger partial charge in [-0.2, -0.15) is 0 Å². The van der Waals surface area contributed by atoms with Gasteiger partial charge >= 0.3 is 0 Å². The molecular formula is C25H29N3O6S. The highest BCUT2D eigenvalue weighted by atomic mass is 32.2. The Kier molecular flexibility index (Phi) is 7.13. The second-order valence-electron chi connectivity index (χ2n) is 8.70. The summed E-state index contributed by atoms with van der Waals surface area (Å²) in [5.74, 6) is -1.12. The number of aromatic nitrogens is 1. The molecule has 1 N–H and O–H groups in total. The maximum atomic E-state index is 13.3. The molecule has 2 amide bonds. The molecule has 1 saturated heterocycles. The number of sulfone groups is 1. The normalized spacial score (nSPS) is 18.4. The third-order valence-electron chi connectivity index (χ3n) is 5.87. The van der Waals surface area contributed by atoms with E-state index in [0.29, 0.717) is 35.4 Å². The Morgan fingerprint density at radius 1 is 1.06 bits per heavy atom. The molecule has 10 heteroatoms. The van der Waals surface area contributed by atoms with Gasteiger partial charge in [-0.25, -0.2) is 8.42 Å². The number of carbonyl (C=O) groups excluding carboxylic acids is 2. The molecule has 2 unspecified atom stereocenters. The van der Waals surface area contributed by atoms with Crippen molar-refractivity contribution < 1.29 is 27.5 Å². The number of rotatable bonds is 7. The predicted molar refractivity (Wildman–Crippen MR) is 132 cm³/mol. The van der Waals surface area contributed by atoms with E-state index in [-0.39, 0.29) is 29.6 Å². The number of hydrogen-bond donors (Lipinski definition) is 1. The highest BCUT2D eigenvalue weighted by Gasteiger charge is 2.28. The molecule has 0 bridgehead atoms. The zero-order chi connectivity index (χ0) is 25.2. The first kappa shape index (κ1) is 24.7. The van der Waals surface area contributed by atoms with Gasteiger partial charge in [-0.1, -0.05) is 30.3 Å². The average Bonchev–Trinajstić information content (AvgIpc) is 3.18. The van der Waals surface area contributed by atoms with Crippen LogP contribution in [0, 0.1) is 0 Å². The van der Waals surface area contributed by atoms with Gasteiger partial charge in [0.05, 0.1) is 29.9 Å². The lowest BCUT2D eigenvalue weighted by molar-refractivity contribution is -0.143. The van der Waals surface area contributed by atoms with E-state index in [0.717, 1.165) is 0 Å². The summed E-state index contributed by atoms with van der Waals surface area (Å²) in [4.78, 5) is 27.4. The number of amides is 2. The zero-order valence-electron chi connectivity index (χ0n) is 19.9. The molecule has 1 aromatic heterocycles. The SMILES string of the molecule is COc1ccccc1NC(=O)CS(=O)(=O)c1cn(CC(=O)N2CC(C)OC(C)C2)c2ccccc12. The van der Waals surface area contributed by atoms with Gasteiger partial charge in [0, 0.05) is 30.2 Å². The summed E-state index contributed by atoms with van der Waals surface area (Å²) in [5, 5.41) is 3.07. The van der Waals surface area contributed by atoms with Crippen molar-refractivity contribution >= 4 is 38.2 Å². The van der Waals surface area contributed by atoms with E-state index in [1.807, 2.05) is 13.8 Å². The lowest BCUT2D eigenvalue weighted by atomic mass is 10.2. The van der Waals surface area contributed by atoms with Gasteiger partial charge in [0.1, 0.15) is 18.0 Å². The fraction of sp³-hybridized carbons (Fsp3) is 0.360. The molecule has 0 radical (unpaired) electrons. The van der Waals surface area contributed by atoms with Gasteiger partial charge in [0.2, 0.25) is 11.8 Å². The van der Waals surface area contributed by atoms with Crippen LogP contribution in [0.25, 0.3) is 10.9 Å². The molecule has 1 fully saturated rings. The minimum atomic E-state index is -4.00. The molecule has 0 aliphatic carbocycles. The molecule has 3 aromatic rings. The van der Waals surface area contributed by atoms with Crippen LogP contribution >= 0.6 is 0 Å². The summed E-state index contributed by atoms with van der Waals surface area (Å²) >= 11 is 0. The zero-order valence-corrected chi connectivity index (χ0v) is 20.7. The van der Waals surface area contributed by atoms with Crippen LogP contribution in [-0.2, 0) is 30.7 Å². The van der Waals surface area contributed by atoms with Crippen molar-refractivity contribution in [3.05, 3.63) is 54.7 Å². The first-order chi connectivity index (χ1) is 16.7. The van der Waals surface area contributed by atoms with Crippen molar-refractivity contribution in [1.82, 2.24) is 9.47 Å². The van der Waals surface area contributed by atoms with Gasteiger partial charge in [-0.3, -0.25) is 9.59 Å². The van der Waals surface area contributed by atoms with Crippen molar-refractivity contribution in [2.45, 2.75) is 37.5 Å². The smallest absolute Gasteiger partial charge is 0.242 e. The lowest BCUT2D eigenvalue weighted by Gasteiger charge is -2.35. The quantitative estimate of drug-likeness (QED) is 0.536. The number of methoxy groups -OCH3 is 1. The molecule has 1 aliphatic heterocycles. The number of ether oxygens (including phenoxy) is 2. The number of benzene rings is 2. The summed E-state index contributed by atoms with van der Waals surface area (Å²) in [6.45, 7) is 4.79. The van der Waals surface area contributed by atoms with Crippen LogP contribution in [0.4, 0.5) is 5.69 Å². The minimum Gasteiger partial charge on any atom is -0.495 e. The Labute approximate surface area is 204 Å². The molecule has 4 rings (SSSR count). The molecule has 9 nitrogen and oxygen atoms in total. The van der Waals surface area contributed by atoms with Crippen molar-refractivity contribution in [1.29, 1.82) is 0 Å². The Morgan fingerprint density at radius 2 is 1.71 bits per heavy atom. The van der Waals surface area contributed by atoms with Crippen molar-refractivity contribution in [3.8, 4) is 5.75 Å². The number of nitrogens with one attached hydrogen (secondary N) is 1. The Morgan fingerprint density at radius 3 is 2.43 bits per heavy atom. The second-order valence-corrected chi connectivity index (χ2v) is 10.7. The number of nitrogens with zero attached hydrogens (tertiary/aromatic N) is 2. The average molecular weight is 500 g/mol. The van der Waals surface area contributed by atoms with E-state index >= 15 is 0 Å². The van der Waals surface area contributed by atoms with E-state index in [9.17, 15) is 18.0 Å². The molecule has 35 heavy (non-hydrogen) atoms. The monoisotopic (exact) mass is 499 g/mol. The highest BCUT2D eigenvalue weighted by molar-refractivity contribution is 7.92. The Balaban J connectivity index is 1.57. The van der Waals surface area contributed by atoms with Crippen molar-refractivity contribution in [2.75, 3.05) is 31.3 Å². The van der Waals surface area contributed by atoms with Gasteiger partial charge in [-0.05, 0) is 32.0 Å². The number of fused-ring (bicyclic) bond motifs is 1. The van der Waals surface area contributed by atoms with Crippen LogP contribution in [0.5, 0.6) is 5.75 Å². The van der Waals surface area contributed by atoms with Gasteiger partial charge in [0.15, 0.2) is 9.84 Å². The number of anilines is 1. The lowest BCUT2D eigenvalue weighted by Crippen LogP contribution is -2.49. The molecule has 0 saturated carbocycles. The predicted octanol–water partition coefficient (Wildman–Crippen LogP) is 2.70. The standard InChI is InChI=1S/C25H29N3O6S/c1-17-12-28(13-18(2)34-17)25(30)15-27-14-23(19-8-4-6-10-21(19)27)35(31,32)16-24(29)26-20-9-5-7-11-22(20)33-3/h4-11,14,17-18H,12-13,15-16H2,1-3H3,(H,26,29). The topological polar surface area (TPSA) is 107 Å². The van der Waals surface area contributed by atoms with E-state index in [4.69, 9.17) is 9.47 Å².